The quantitative estimate of drug-likeness (QED) is 0.173. The molecule has 0 unspecified atom stereocenters. The highest BCUT2D eigenvalue weighted by Crippen LogP contribution is 2.07. The summed E-state index contributed by atoms with van der Waals surface area (Å²) in [6.45, 7) is 3.46. The van der Waals surface area contributed by atoms with Gasteiger partial charge in [-0.3, -0.25) is 25.0 Å². The molecule has 2 saturated heterocycles. The Labute approximate surface area is 231 Å². The van der Waals surface area contributed by atoms with E-state index in [0.717, 1.165) is 17.4 Å². The molecule has 2 fully saturated rings. The number of aldehydes is 1. The minimum absolute atomic E-state index is 0. The zero-order chi connectivity index (χ0) is 29.9. The van der Waals surface area contributed by atoms with Gasteiger partial charge in [-0.05, 0) is 11.6 Å². The molecule has 0 radical (unpaired) electrons. The van der Waals surface area contributed by atoms with E-state index in [2.05, 4.69) is 16.0 Å². The van der Waals surface area contributed by atoms with Crippen molar-refractivity contribution in [1.29, 1.82) is 10.5 Å². The van der Waals surface area contributed by atoms with Crippen LogP contribution in [0.3, 0.4) is 0 Å². The number of carbonyl (C=O) groups excluding carboxylic acids is 5. The van der Waals surface area contributed by atoms with Gasteiger partial charge in [0.15, 0.2) is 0 Å². The van der Waals surface area contributed by atoms with Crippen LogP contribution in [0.2, 0.25) is 0 Å². The molecule has 0 spiro atoms. The number of benzene rings is 2. The standard InChI is InChI=1S/C10H8N2O2.C7H6O.C3H4N2O2.C2H7NO.2C2H3N.H2O/c13-9-8(11-10(14)12-9)6-7-4-2-1-3-5-7;8-6-7-4-2-1-3-5-7;6-2-1-4-3(7)5-2;3-1-2-4;2*1-2-3;/h1-6H,(H2,11,12,13,14);1-6H;1H2,(H2,4,5,6,7);4H,1-3H2;2*1H3;1H2/b8-6+;;;;;;. The minimum Gasteiger partial charge on any atom is -0.412 e. The van der Waals surface area contributed by atoms with Crippen LogP contribution in [-0.4, -0.2) is 60.4 Å². The van der Waals surface area contributed by atoms with Gasteiger partial charge in [-0.1, -0.05) is 60.7 Å². The molecule has 4 rings (SSSR count). The summed E-state index contributed by atoms with van der Waals surface area (Å²) in [6.07, 6.45) is 2.46. The minimum atomic E-state index is -0.475. The Morgan fingerprint density at radius 1 is 0.850 bits per heavy atom. The van der Waals surface area contributed by atoms with Crippen LogP contribution in [0.1, 0.15) is 29.8 Å². The fourth-order valence-electron chi connectivity index (χ4n) is 2.11. The maximum absolute atomic E-state index is 11.1. The summed E-state index contributed by atoms with van der Waals surface area (Å²) < 4.78 is 0. The molecule has 214 valence electrons. The smallest absolute Gasteiger partial charge is 0.326 e. The molecule has 0 saturated carbocycles. The number of carbonyl (C=O) groups is 5. The second kappa shape index (κ2) is 26.6. The van der Waals surface area contributed by atoms with E-state index in [4.69, 9.17) is 21.4 Å². The third kappa shape index (κ3) is 21.8. The van der Waals surface area contributed by atoms with Gasteiger partial charge in [0.05, 0.1) is 25.3 Å². The van der Waals surface area contributed by atoms with Crippen LogP contribution in [0.25, 0.3) is 6.08 Å². The first kappa shape index (κ1) is 39.1. The van der Waals surface area contributed by atoms with Gasteiger partial charge in [-0.25, -0.2) is 9.59 Å². The number of aliphatic hydroxyl groups excluding tert-OH is 1. The summed E-state index contributed by atoms with van der Waals surface area (Å²) in [4.78, 5) is 52.0. The van der Waals surface area contributed by atoms with Crippen LogP contribution in [0, 0.1) is 22.7 Å². The van der Waals surface area contributed by atoms with E-state index in [0.29, 0.717) is 6.54 Å². The first-order valence-electron chi connectivity index (χ1n) is 11.1. The third-order valence-electron chi connectivity index (χ3n) is 3.56. The highest BCUT2D eigenvalue weighted by molar-refractivity contribution is 6.13. The second-order valence-corrected chi connectivity index (χ2v) is 6.60. The number of hydrogen-bond acceptors (Lipinski definition) is 9. The predicted octanol–water partition coefficient (Wildman–Crippen LogP) is 0.364. The lowest BCUT2D eigenvalue weighted by atomic mass is 10.2. The lowest BCUT2D eigenvalue weighted by Crippen LogP contribution is -2.22. The van der Waals surface area contributed by atoms with Crippen molar-refractivity contribution < 1.29 is 34.6 Å². The zero-order valence-corrected chi connectivity index (χ0v) is 22.0. The molecule has 0 aromatic heterocycles. The monoisotopic (exact) mass is 555 g/mol. The number of hydrogen-bond donors (Lipinski definition) is 6. The predicted molar refractivity (Wildman–Crippen MR) is 147 cm³/mol. The molecule has 2 aromatic rings. The molecule has 2 aromatic carbocycles. The third-order valence-corrected chi connectivity index (χ3v) is 3.56. The first-order valence-corrected chi connectivity index (χ1v) is 11.1. The lowest BCUT2D eigenvalue weighted by Gasteiger charge is -1.94. The maximum atomic E-state index is 11.1. The van der Waals surface area contributed by atoms with Crippen molar-refractivity contribution in [2.45, 2.75) is 13.8 Å². The van der Waals surface area contributed by atoms with E-state index >= 15 is 0 Å². The summed E-state index contributed by atoms with van der Waals surface area (Å²) in [5.74, 6) is -0.649. The van der Waals surface area contributed by atoms with E-state index in [1.807, 2.05) is 53.8 Å². The Balaban J connectivity index is -0.000000455. The maximum Gasteiger partial charge on any atom is 0.326 e. The number of rotatable bonds is 3. The number of urea groups is 2. The van der Waals surface area contributed by atoms with Crippen molar-refractivity contribution in [3.8, 4) is 12.1 Å². The summed E-state index contributed by atoms with van der Waals surface area (Å²) in [7, 11) is 0. The van der Waals surface area contributed by atoms with Gasteiger partial charge >= 0.3 is 12.1 Å². The van der Waals surface area contributed by atoms with E-state index in [-0.39, 0.29) is 36.1 Å². The number of aliphatic hydroxyl groups is 1. The summed E-state index contributed by atoms with van der Waals surface area (Å²) in [5.41, 5.74) is 6.66. The number of nitrogens with one attached hydrogen (secondary N) is 4. The molecule has 0 aliphatic carbocycles. The molecule has 2 heterocycles. The van der Waals surface area contributed by atoms with Gasteiger partial charge in [0.25, 0.3) is 5.91 Å². The number of amides is 6. The Hall–Kier alpha value is -5.41. The highest BCUT2D eigenvalue weighted by Gasteiger charge is 2.22. The molecule has 0 atom stereocenters. The SMILES string of the molecule is CC#N.CC#N.NCCO.O.O=C1CNC(=O)N1.O=C1NC(=O)/C(=C\c2ccccc2)N1.O=Cc1ccccc1. The van der Waals surface area contributed by atoms with Crippen molar-refractivity contribution in [1.82, 2.24) is 21.3 Å². The molecule has 0 bridgehead atoms. The van der Waals surface area contributed by atoms with Gasteiger partial charge in [0.2, 0.25) is 5.91 Å². The normalized spacial score (nSPS) is 12.5. The number of imide groups is 2. The Kier molecular flexibility index (Phi) is 26.1. The lowest BCUT2D eigenvalue weighted by molar-refractivity contribution is -0.118. The van der Waals surface area contributed by atoms with E-state index in [9.17, 15) is 24.0 Å². The zero-order valence-electron chi connectivity index (χ0n) is 22.0. The van der Waals surface area contributed by atoms with Gasteiger partial charge in [-0.2, -0.15) is 10.5 Å². The van der Waals surface area contributed by atoms with E-state index < -0.39 is 12.1 Å². The van der Waals surface area contributed by atoms with Crippen molar-refractivity contribution in [3.05, 3.63) is 77.5 Å². The molecule has 9 N–H and O–H groups in total. The van der Waals surface area contributed by atoms with Crippen LogP contribution in [-0.2, 0) is 9.59 Å². The number of nitrogens with zero attached hydrogens (tertiary/aromatic N) is 2. The molecule has 2 aliphatic heterocycles. The largest absolute Gasteiger partial charge is 0.412 e. The fraction of sp³-hybridized carbons (Fsp3) is 0.192. The molecular formula is C26H33N7O7. The van der Waals surface area contributed by atoms with Crippen molar-refractivity contribution >= 4 is 36.2 Å². The van der Waals surface area contributed by atoms with Crippen LogP contribution in [0.4, 0.5) is 9.59 Å². The van der Waals surface area contributed by atoms with Crippen molar-refractivity contribution in [2.24, 2.45) is 5.73 Å². The van der Waals surface area contributed by atoms with Crippen LogP contribution in [0.15, 0.2) is 66.4 Å². The summed E-state index contributed by atoms with van der Waals surface area (Å²) in [6, 6.07) is 21.0. The number of nitrogens with two attached hydrogens (primary N) is 1. The van der Waals surface area contributed by atoms with Crippen LogP contribution >= 0.6 is 0 Å². The molecule has 40 heavy (non-hydrogen) atoms. The highest BCUT2D eigenvalue weighted by atomic mass is 16.3. The molecule has 6 amide bonds. The topological polar surface area (TPSA) is 259 Å². The van der Waals surface area contributed by atoms with Crippen LogP contribution in [0.5, 0.6) is 0 Å². The average molecular weight is 556 g/mol. The van der Waals surface area contributed by atoms with Crippen LogP contribution < -0.4 is 27.0 Å². The van der Waals surface area contributed by atoms with Gasteiger partial charge in [0.1, 0.15) is 12.0 Å². The summed E-state index contributed by atoms with van der Waals surface area (Å²) >= 11 is 0. The first-order chi connectivity index (χ1) is 18.7. The van der Waals surface area contributed by atoms with Gasteiger partial charge in [-0.15, -0.1) is 0 Å². The van der Waals surface area contributed by atoms with E-state index in [1.54, 1.807) is 30.3 Å². The van der Waals surface area contributed by atoms with Crippen molar-refractivity contribution in [3.63, 3.8) is 0 Å². The van der Waals surface area contributed by atoms with Crippen molar-refractivity contribution in [2.75, 3.05) is 19.7 Å². The van der Waals surface area contributed by atoms with Gasteiger partial charge in [0, 0.05) is 26.0 Å². The van der Waals surface area contributed by atoms with Gasteiger partial charge < -0.3 is 26.9 Å². The summed E-state index contributed by atoms with van der Waals surface area (Å²) in [5, 5.41) is 31.2. The molecule has 2 aliphatic rings. The van der Waals surface area contributed by atoms with E-state index in [1.165, 1.54) is 13.8 Å². The molecular weight excluding hydrogens is 522 g/mol. The molecule has 14 nitrogen and oxygen atoms in total. The number of nitriles is 2. The Morgan fingerprint density at radius 3 is 1.55 bits per heavy atom. The molecule has 14 heteroatoms. The second-order valence-electron chi connectivity index (χ2n) is 6.60. The Morgan fingerprint density at radius 2 is 1.30 bits per heavy atom. The fourth-order valence-corrected chi connectivity index (χ4v) is 2.11. The average Bonchev–Trinajstić information content (AvgIpc) is 3.48. The Bertz CT molecular complexity index is 1120.